The average molecular weight is 325 g/mol. The highest BCUT2D eigenvalue weighted by molar-refractivity contribution is 9.08. The second-order valence-electron chi connectivity index (χ2n) is 6.49. The van der Waals surface area contributed by atoms with Crippen LogP contribution in [0.5, 0.6) is 0 Å². The van der Waals surface area contributed by atoms with E-state index in [2.05, 4.69) is 74.6 Å². The number of allylic oxidation sites excluding steroid dienone is 1. The van der Waals surface area contributed by atoms with Crippen LogP contribution in [0.2, 0.25) is 18.1 Å². The molecule has 0 atom stereocenters. The van der Waals surface area contributed by atoms with Gasteiger partial charge in [0.2, 0.25) is 0 Å². The van der Waals surface area contributed by atoms with Crippen LogP contribution in [-0.2, 0) is 11.8 Å². The molecule has 0 bridgehead atoms. The minimum Gasteiger partial charge on any atom is -0.103 e. The van der Waals surface area contributed by atoms with E-state index in [1.165, 1.54) is 11.1 Å². The Kier molecular flexibility index (Phi) is 5.02. The smallest absolute Gasteiger partial charge is 0.0862 e. The van der Waals surface area contributed by atoms with E-state index in [4.69, 9.17) is 0 Å². The minimum atomic E-state index is -1.46. The van der Waals surface area contributed by atoms with Crippen molar-refractivity contribution in [2.24, 2.45) is 0 Å². The summed E-state index contributed by atoms with van der Waals surface area (Å²) in [6, 6.07) is 6.95. The van der Waals surface area contributed by atoms with E-state index in [1.807, 2.05) is 6.08 Å². The normalized spacial score (nSPS) is 12.6. The first-order chi connectivity index (χ1) is 8.24. The molecule has 0 radical (unpaired) electrons. The van der Waals surface area contributed by atoms with Crippen LogP contribution in [0.1, 0.15) is 31.9 Å². The minimum absolute atomic E-state index is 0.374. The van der Waals surface area contributed by atoms with Gasteiger partial charge in [0, 0.05) is 5.33 Å². The molecule has 0 nitrogen and oxygen atoms in total. The monoisotopic (exact) mass is 324 g/mol. The lowest BCUT2D eigenvalue weighted by atomic mass is 10.1. The highest BCUT2D eigenvalue weighted by Crippen LogP contribution is 2.36. The maximum Gasteiger partial charge on any atom is 0.0862 e. The summed E-state index contributed by atoms with van der Waals surface area (Å²) in [5.41, 5.74) is 2.82. The molecule has 0 aliphatic carbocycles. The van der Waals surface area contributed by atoms with Gasteiger partial charge in [-0.15, -0.1) is 6.58 Å². The van der Waals surface area contributed by atoms with Crippen LogP contribution < -0.4 is 5.19 Å². The SMILES string of the molecule is C=CCc1cc(CBr)ccc1[Si](C)(C)C(C)(C)C. The number of alkyl halides is 1. The fraction of sp³-hybridized carbons (Fsp3) is 0.500. The third-order valence-electron chi connectivity index (χ3n) is 4.24. The maximum absolute atomic E-state index is 3.90. The Labute approximate surface area is 122 Å². The fourth-order valence-corrected chi connectivity index (χ4v) is 4.70. The van der Waals surface area contributed by atoms with Gasteiger partial charge in [0.25, 0.3) is 0 Å². The summed E-state index contributed by atoms with van der Waals surface area (Å²) in [6.45, 7) is 16.0. The van der Waals surface area contributed by atoms with E-state index >= 15 is 0 Å². The summed E-state index contributed by atoms with van der Waals surface area (Å²) in [4.78, 5) is 0. The van der Waals surface area contributed by atoms with Gasteiger partial charge in [-0.05, 0) is 22.6 Å². The predicted octanol–water partition coefficient (Wildman–Crippen LogP) is 5.03. The van der Waals surface area contributed by atoms with Crippen LogP contribution in [0.15, 0.2) is 30.9 Å². The highest BCUT2D eigenvalue weighted by atomic mass is 79.9. The molecule has 1 rings (SSSR count). The van der Waals surface area contributed by atoms with Gasteiger partial charge in [-0.2, -0.15) is 0 Å². The second kappa shape index (κ2) is 5.75. The lowest BCUT2D eigenvalue weighted by Gasteiger charge is -2.38. The van der Waals surface area contributed by atoms with Gasteiger partial charge < -0.3 is 0 Å². The molecule has 2 heteroatoms. The Bertz CT molecular complexity index is 427. The number of rotatable bonds is 4. The molecule has 0 unspecified atom stereocenters. The zero-order chi connectivity index (χ0) is 14.0. The van der Waals surface area contributed by atoms with Gasteiger partial charge in [-0.25, -0.2) is 0 Å². The molecule has 18 heavy (non-hydrogen) atoms. The van der Waals surface area contributed by atoms with Crippen molar-refractivity contribution in [3.8, 4) is 0 Å². The Hall–Kier alpha value is -0.343. The summed E-state index contributed by atoms with van der Waals surface area (Å²) in [6.07, 6.45) is 2.99. The van der Waals surface area contributed by atoms with Crippen molar-refractivity contribution in [3.63, 3.8) is 0 Å². The number of benzene rings is 1. The lowest BCUT2D eigenvalue weighted by Crippen LogP contribution is -2.51. The van der Waals surface area contributed by atoms with Crippen LogP contribution in [0.3, 0.4) is 0 Å². The van der Waals surface area contributed by atoms with Crippen molar-refractivity contribution in [3.05, 3.63) is 42.0 Å². The van der Waals surface area contributed by atoms with E-state index in [-0.39, 0.29) is 0 Å². The summed E-state index contributed by atoms with van der Waals surface area (Å²) in [7, 11) is -1.46. The van der Waals surface area contributed by atoms with Crippen LogP contribution >= 0.6 is 15.9 Å². The molecule has 1 aromatic carbocycles. The molecule has 0 aliphatic heterocycles. The molecule has 0 spiro atoms. The van der Waals surface area contributed by atoms with Crippen LogP contribution in [0, 0.1) is 0 Å². The van der Waals surface area contributed by atoms with Crippen molar-refractivity contribution >= 4 is 29.2 Å². The number of hydrogen-bond acceptors (Lipinski definition) is 0. The molecule has 100 valence electrons. The van der Waals surface area contributed by atoms with E-state index in [1.54, 1.807) is 5.19 Å². The lowest BCUT2D eigenvalue weighted by molar-refractivity contribution is 0.729. The highest BCUT2D eigenvalue weighted by Gasteiger charge is 2.37. The maximum atomic E-state index is 3.90. The Morgan fingerprint density at radius 3 is 2.33 bits per heavy atom. The molecule has 0 aromatic heterocycles. The van der Waals surface area contributed by atoms with E-state index < -0.39 is 8.07 Å². The van der Waals surface area contributed by atoms with E-state index in [9.17, 15) is 0 Å². The molecule has 0 amide bonds. The Morgan fingerprint density at radius 1 is 1.28 bits per heavy atom. The zero-order valence-corrected chi connectivity index (χ0v) is 14.9. The van der Waals surface area contributed by atoms with Crippen molar-refractivity contribution in [2.45, 2.75) is 50.7 Å². The van der Waals surface area contributed by atoms with Gasteiger partial charge in [-0.1, -0.05) is 79.3 Å². The molecule has 0 saturated carbocycles. The van der Waals surface area contributed by atoms with Crippen LogP contribution in [-0.4, -0.2) is 8.07 Å². The third kappa shape index (κ3) is 3.15. The molecule has 1 aromatic rings. The number of halogens is 1. The zero-order valence-electron chi connectivity index (χ0n) is 12.3. The first-order valence-electron chi connectivity index (χ1n) is 6.53. The Morgan fingerprint density at radius 2 is 1.89 bits per heavy atom. The van der Waals surface area contributed by atoms with Crippen molar-refractivity contribution in [2.75, 3.05) is 0 Å². The van der Waals surface area contributed by atoms with Crippen molar-refractivity contribution in [1.29, 1.82) is 0 Å². The molecule has 0 aliphatic rings. The molecular formula is C16H25BrSi. The standard InChI is InChI=1S/C16H25BrSi/c1-7-8-14-11-13(12-17)9-10-15(14)18(5,6)16(2,3)4/h7,9-11H,1,8,12H2,2-6H3. The van der Waals surface area contributed by atoms with Gasteiger partial charge in [-0.3, -0.25) is 0 Å². The van der Waals surface area contributed by atoms with Crippen LogP contribution in [0.4, 0.5) is 0 Å². The van der Waals surface area contributed by atoms with Gasteiger partial charge in [0.15, 0.2) is 0 Å². The van der Waals surface area contributed by atoms with Gasteiger partial charge >= 0.3 is 0 Å². The van der Waals surface area contributed by atoms with Crippen molar-refractivity contribution < 1.29 is 0 Å². The largest absolute Gasteiger partial charge is 0.103 e. The third-order valence-corrected chi connectivity index (χ3v) is 10.5. The fourth-order valence-electron chi connectivity index (χ4n) is 2.07. The molecule has 0 N–H and O–H groups in total. The Balaban J connectivity index is 3.35. The van der Waals surface area contributed by atoms with E-state index in [0.717, 1.165) is 11.8 Å². The predicted molar refractivity (Wildman–Crippen MR) is 89.8 cm³/mol. The molecular weight excluding hydrogens is 300 g/mol. The average Bonchev–Trinajstić information content (AvgIpc) is 2.27. The second-order valence-corrected chi connectivity index (χ2v) is 12.3. The summed E-state index contributed by atoms with van der Waals surface area (Å²) in [5, 5.41) is 2.88. The first-order valence-corrected chi connectivity index (χ1v) is 10.7. The van der Waals surface area contributed by atoms with E-state index in [0.29, 0.717) is 5.04 Å². The first kappa shape index (κ1) is 15.7. The molecule has 0 fully saturated rings. The van der Waals surface area contributed by atoms with Gasteiger partial charge in [0.1, 0.15) is 0 Å². The summed E-state index contributed by atoms with van der Waals surface area (Å²) >= 11 is 3.54. The molecule has 0 saturated heterocycles. The van der Waals surface area contributed by atoms with Gasteiger partial charge in [0.05, 0.1) is 8.07 Å². The van der Waals surface area contributed by atoms with Crippen LogP contribution in [0.25, 0.3) is 0 Å². The number of hydrogen-bond donors (Lipinski definition) is 0. The van der Waals surface area contributed by atoms with Crippen molar-refractivity contribution in [1.82, 2.24) is 0 Å². The quantitative estimate of drug-likeness (QED) is 0.414. The summed E-state index contributed by atoms with van der Waals surface area (Å²) in [5.74, 6) is 0. The summed E-state index contributed by atoms with van der Waals surface area (Å²) < 4.78 is 0. The molecule has 0 heterocycles. The topological polar surface area (TPSA) is 0 Å².